The summed E-state index contributed by atoms with van der Waals surface area (Å²) in [6.07, 6.45) is -3.25. The first-order valence-electron chi connectivity index (χ1n) is 8.72. The fraction of sp³-hybridized carbons (Fsp3) is 0.444. The van der Waals surface area contributed by atoms with Gasteiger partial charge in [-0.2, -0.15) is 22.8 Å². The fourth-order valence-electron chi connectivity index (χ4n) is 2.82. The van der Waals surface area contributed by atoms with Crippen LogP contribution in [0.5, 0.6) is 5.88 Å². The molecule has 0 bridgehead atoms. The van der Waals surface area contributed by atoms with Crippen molar-refractivity contribution in [2.24, 2.45) is 0 Å². The number of rotatable bonds is 4. The van der Waals surface area contributed by atoms with Crippen LogP contribution in [0, 0.1) is 5.82 Å². The van der Waals surface area contributed by atoms with E-state index in [1.165, 1.54) is 17.5 Å². The lowest BCUT2D eigenvalue weighted by Gasteiger charge is -2.28. The van der Waals surface area contributed by atoms with Gasteiger partial charge in [-0.1, -0.05) is 0 Å². The Bertz CT molecular complexity index is 1090. The molecule has 0 aliphatic heterocycles. The van der Waals surface area contributed by atoms with Crippen LogP contribution in [0.25, 0.3) is 16.9 Å². The van der Waals surface area contributed by atoms with Crippen LogP contribution in [0.15, 0.2) is 24.4 Å². The number of pyridine rings is 1. The molecule has 3 heterocycles. The highest BCUT2D eigenvalue weighted by molar-refractivity contribution is 5.60. The summed E-state index contributed by atoms with van der Waals surface area (Å²) in [6, 6.07) is 4.08. The van der Waals surface area contributed by atoms with Crippen LogP contribution in [0.3, 0.4) is 0 Å². The molecule has 0 aromatic carbocycles. The average molecular weight is 413 g/mol. The Labute approximate surface area is 161 Å². The van der Waals surface area contributed by atoms with Crippen molar-refractivity contribution in [1.82, 2.24) is 24.8 Å². The lowest BCUT2D eigenvalue weighted by molar-refractivity contribution is -0.235. The van der Waals surface area contributed by atoms with Gasteiger partial charge >= 0.3 is 6.18 Å². The van der Waals surface area contributed by atoms with E-state index in [-0.39, 0.29) is 11.3 Å². The number of aromatic nitrogens is 5. The van der Waals surface area contributed by atoms with Crippen molar-refractivity contribution in [3.05, 3.63) is 36.0 Å². The van der Waals surface area contributed by atoms with Crippen LogP contribution in [-0.2, 0) is 0 Å². The molecule has 3 aromatic rings. The smallest absolute Gasteiger partial charge is 0.427 e. The predicted octanol–water partition coefficient (Wildman–Crippen LogP) is 4.26. The molecule has 11 heteroatoms. The Hall–Kier alpha value is -2.85. The van der Waals surface area contributed by atoms with E-state index < -0.39 is 35.1 Å². The van der Waals surface area contributed by atoms with E-state index in [4.69, 9.17) is 4.74 Å². The highest BCUT2D eigenvalue weighted by Crippen LogP contribution is 2.53. The molecule has 0 saturated heterocycles. The van der Waals surface area contributed by atoms with Gasteiger partial charge < -0.3 is 4.74 Å². The van der Waals surface area contributed by atoms with Crippen molar-refractivity contribution in [3.63, 3.8) is 0 Å². The summed E-state index contributed by atoms with van der Waals surface area (Å²) in [5.41, 5.74) is -3.11. The Morgan fingerprint density at radius 3 is 2.48 bits per heavy atom. The molecule has 0 spiro atoms. The zero-order valence-corrected chi connectivity index (χ0v) is 15.6. The highest BCUT2D eigenvalue weighted by atomic mass is 19.4. The first-order chi connectivity index (χ1) is 13.4. The third kappa shape index (κ3) is 3.38. The summed E-state index contributed by atoms with van der Waals surface area (Å²) in [5, 5.41) is 12.2. The monoisotopic (exact) mass is 413 g/mol. The fourth-order valence-corrected chi connectivity index (χ4v) is 2.82. The van der Waals surface area contributed by atoms with E-state index in [1.807, 2.05) is 0 Å². The second-order valence-electron chi connectivity index (χ2n) is 7.70. The van der Waals surface area contributed by atoms with E-state index in [2.05, 4.69) is 20.3 Å². The van der Waals surface area contributed by atoms with Crippen LogP contribution in [0.4, 0.5) is 22.0 Å². The lowest BCUT2D eigenvalue weighted by atomic mass is 10.1. The third-order valence-corrected chi connectivity index (χ3v) is 4.91. The van der Waals surface area contributed by atoms with Crippen molar-refractivity contribution in [2.45, 2.75) is 50.6 Å². The highest BCUT2D eigenvalue weighted by Gasteiger charge is 2.55. The van der Waals surface area contributed by atoms with E-state index in [0.717, 1.165) is 26.1 Å². The molecule has 1 aliphatic carbocycles. The van der Waals surface area contributed by atoms with Crippen molar-refractivity contribution < 1.29 is 26.7 Å². The van der Waals surface area contributed by atoms with Crippen LogP contribution >= 0.6 is 0 Å². The van der Waals surface area contributed by atoms with E-state index >= 15 is 0 Å². The maximum absolute atomic E-state index is 14.4. The molecule has 1 aliphatic rings. The molecular weight excluding hydrogens is 397 g/mol. The van der Waals surface area contributed by atoms with Gasteiger partial charge in [0.05, 0.1) is 11.6 Å². The van der Waals surface area contributed by atoms with E-state index in [0.29, 0.717) is 17.9 Å². The molecule has 1 fully saturated rings. The average Bonchev–Trinajstić information content (AvgIpc) is 3.06. The number of halogens is 5. The van der Waals surface area contributed by atoms with Gasteiger partial charge in [0.1, 0.15) is 5.67 Å². The topological polar surface area (TPSA) is 65.2 Å². The molecule has 3 aromatic heterocycles. The molecule has 0 radical (unpaired) electrons. The van der Waals surface area contributed by atoms with E-state index in [1.54, 1.807) is 6.07 Å². The Kier molecular flexibility index (Phi) is 4.08. The molecule has 2 unspecified atom stereocenters. The largest absolute Gasteiger partial charge is 0.460 e. The molecule has 1 saturated carbocycles. The van der Waals surface area contributed by atoms with Gasteiger partial charge in [0.2, 0.25) is 0 Å². The van der Waals surface area contributed by atoms with Gasteiger partial charge in [-0.05, 0) is 45.4 Å². The molecule has 0 N–H and O–H groups in total. The van der Waals surface area contributed by atoms with Crippen molar-refractivity contribution >= 4 is 5.65 Å². The second-order valence-corrected chi connectivity index (χ2v) is 7.70. The van der Waals surface area contributed by atoms with Crippen molar-refractivity contribution in [1.29, 1.82) is 0 Å². The molecule has 29 heavy (non-hydrogen) atoms. The number of alkyl halides is 4. The number of fused-ring (bicyclic) bond motifs is 1. The normalized spacial score (nSPS) is 22.1. The van der Waals surface area contributed by atoms with Crippen LogP contribution in [-0.4, -0.2) is 42.2 Å². The summed E-state index contributed by atoms with van der Waals surface area (Å²) in [7, 11) is 0. The molecule has 6 nitrogen and oxygen atoms in total. The zero-order chi connectivity index (χ0) is 21.2. The summed E-state index contributed by atoms with van der Waals surface area (Å²) >= 11 is 0. The Balaban J connectivity index is 1.66. The third-order valence-electron chi connectivity index (χ3n) is 4.91. The first-order valence-corrected chi connectivity index (χ1v) is 8.72. The van der Waals surface area contributed by atoms with E-state index in [9.17, 15) is 22.0 Å². The predicted molar refractivity (Wildman–Crippen MR) is 91.6 cm³/mol. The van der Waals surface area contributed by atoms with Crippen molar-refractivity contribution in [3.8, 4) is 17.1 Å². The number of hydrogen-bond acceptors (Lipinski definition) is 5. The van der Waals surface area contributed by atoms with Gasteiger partial charge in [-0.3, -0.25) is 0 Å². The minimum absolute atomic E-state index is 0.208. The van der Waals surface area contributed by atoms with Gasteiger partial charge in [0, 0.05) is 11.8 Å². The minimum atomic E-state index is -4.70. The Morgan fingerprint density at radius 2 is 1.90 bits per heavy atom. The van der Waals surface area contributed by atoms with Crippen LogP contribution in [0.1, 0.15) is 38.9 Å². The zero-order valence-electron chi connectivity index (χ0n) is 15.6. The van der Waals surface area contributed by atoms with Gasteiger partial charge in [-0.15, -0.1) is 10.2 Å². The summed E-state index contributed by atoms with van der Waals surface area (Å²) in [5.74, 6) is -1.92. The van der Waals surface area contributed by atoms with Gasteiger partial charge in [-0.25, -0.2) is 13.8 Å². The van der Waals surface area contributed by atoms with Crippen LogP contribution < -0.4 is 4.74 Å². The maximum atomic E-state index is 14.4. The lowest BCUT2D eigenvalue weighted by Crippen LogP contribution is -2.45. The summed E-state index contributed by atoms with van der Waals surface area (Å²) in [4.78, 5) is 3.68. The Morgan fingerprint density at radius 1 is 1.21 bits per heavy atom. The SMILES string of the molecule is CC1(F)CC1c1nnc2ccc(-c3cnc(OC(C)(C)C(F)(F)F)c(F)c3)nn12. The quantitative estimate of drug-likeness (QED) is 0.598. The summed E-state index contributed by atoms with van der Waals surface area (Å²) < 4.78 is 73.3. The second kappa shape index (κ2) is 6.07. The molecule has 4 rings (SSSR count). The van der Waals surface area contributed by atoms with Gasteiger partial charge in [0.15, 0.2) is 22.9 Å². The van der Waals surface area contributed by atoms with Crippen molar-refractivity contribution in [2.75, 3.05) is 0 Å². The molecule has 0 amide bonds. The molecule has 154 valence electrons. The summed E-state index contributed by atoms with van der Waals surface area (Å²) in [6.45, 7) is 3.02. The maximum Gasteiger partial charge on any atom is 0.427 e. The van der Waals surface area contributed by atoms with Gasteiger partial charge in [0.25, 0.3) is 5.88 Å². The van der Waals surface area contributed by atoms with Crippen LogP contribution in [0.2, 0.25) is 0 Å². The number of ether oxygens (including phenoxy) is 1. The standard InChI is InChI=1S/C18H16F5N5O/c1-16(2,18(21,22)23)29-15-11(19)6-9(8-24-15)12-4-5-13-25-26-14(28(13)27-12)10-7-17(10,3)20/h4-6,8,10H,7H2,1-3H3. The minimum Gasteiger partial charge on any atom is -0.460 e. The number of nitrogens with zero attached hydrogens (tertiary/aromatic N) is 5. The molecular formula is C18H16F5N5O. The molecule has 2 atom stereocenters. The number of hydrogen-bond donors (Lipinski definition) is 0. The first kappa shape index (κ1) is 19.5.